The van der Waals surface area contributed by atoms with E-state index in [2.05, 4.69) is 15.9 Å². The zero-order valence-corrected chi connectivity index (χ0v) is 7.98. The molecule has 0 aliphatic heterocycles. The molecule has 0 saturated heterocycles. The van der Waals surface area contributed by atoms with Gasteiger partial charge in [0.15, 0.2) is 5.78 Å². The van der Waals surface area contributed by atoms with Crippen LogP contribution in [-0.2, 0) is 0 Å². The van der Waals surface area contributed by atoms with Gasteiger partial charge in [-0.25, -0.2) is 4.39 Å². The molecule has 12 heavy (non-hydrogen) atoms. The van der Waals surface area contributed by atoms with Crippen LogP contribution in [-0.4, -0.2) is 5.78 Å². The molecule has 0 radical (unpaired) electrons. The van der Waals surface area contributed by atoms with Gasteiger partial charge in [0.25, 0.3) is 0 Å². The quantitative estimate of drug-likeness (QED) is 0.596. The summed E-state index contributed by atoms with van der Waals surface area (Å²) in [6, 6.07) is 2.59. The number of nitrogen functional groups attached to an aromatic ring is 1. The molecule has 0 aliphatic carbocycles. The van der Waals surface area contributed by atoms with E-state index in [0.29, 0.717) is 10.2 Å². The smallest absolute Gasteiger partial charge is 0.163 e. The first-order valence-corrected chi connectivity index (χ1v) is 4.07. The maximum Gasteiger partial charge on any atom is 0.163 e. The number of carbonyl (C=O) groups excluding carboxylic acids is 1. The third-order valence-corrected chi connectivity index (χ3v) is 2.33. The number of Topliss-reactive ketones (excluding diaryl/α,β-unsaturated/α-hetero) is 1. The molecule has 0 atom stereocenters. The fourth-order valence-corrected chi connectivity index (χ4v) is 1.49. The van der Waals surface area contributed by atoms with Crippen molar-refractivity contribution in [2.45, 2.75) is 6.92 Å². The van der Waals surface area contributed by atoms with E-state index in [1.807, 2.05) is 0 Å². The molecule has 0 aliphatic rings. The summed E-state index contributed by atoms with van der Waals surface area (Å²) >= 11 is 3.05. The molecule has 0 spiro atoms. The molecule has 1 rings (SSSR count). The highest BCUT2D eigenvalue weighted by atomic mass is 79.9. The summed E-state index contributed by atoms with van der Waals surface area (Å²) in [6.45, 7) is 1.29. The summed E-state index contributed by atoms with van der Waals surface area (Å²) in [5.74, 6) is -0.893. The topological polar surface area (TPSA) is 43.1 Å². The van der Waals surface area contributed by atoms with Crippen LogP contribution in [0.4, 0.5) is 10.1 Å². The first-order chi connectivity index (χ1) is 5.54. The van der Waals surface area contributed by atoms with Gasteiger partial charge < -0.3 is 5.73 Å². The van der Waals surface area contributed by atoms with Gasteiger partial charge in [-0.2, -0.15) is 0 Å². The molecular weight excluding hydrogens is 225 g/mol. The van der Waals surface area contributed by atoms with Crippen molar-refractivity contribution in [3.63, 3.8) is 0 Å². The van der Waals surface area contributed by atoms with Crippen molar-refractivity contribution in [2.75, 3.05) is 5.73 Å². The Morgan fingerprint density at radius 2 is 2.17 bits per heavy atom. The lowest BCUT2D eigenvalue weighted by molar-refractivity contribution is 0.101. The molecule has 0 unspecified atom stereocenters. The second kappa shape index (κ2) is 3.23. The number of benzene rings is 1. The molecular formula is C8H7BrFNO. The molecule has 64 valence electrons. The lowest BCUT2D eigenvalue weighted by Gasteiger charge is -2.04. The van der Waals surface area contributed by atoms with Crippen molar-refractivity contribution in [3.8, 4) is 0 Å². The van der Waals surface area contributed by atoms with E-state index in [1.54, 1.807) is 0 Å². The Morgan fingerprint density at radius 1 is 1.58 bits per heavy atom. The van der Waals surface area contributed by atoms with Crippen molar-refractivity contribution < 1.29 is 9.18 Å². The van der Waals surface area contributed by atoms with E-state index in [9.17, 15) is 9.18 Å². The Kier molecular flexibility index (Phi) is 2.47. The number of carbonyl (C=O) groups is 1. The highest BCUT2D eigenvalue weighted by molar-refractivity contribution is 9.10. The molecule has 1 aromatic rings. The monoisotopic (exact) mass is 231 g/mol. The van der Waals surface area contributed by atoms with Crippen molar-refractivity contribution in [2.24, 2.45) is 0 Å². The van der Waals surface area contributed by atoms with Gasteiger partial charge in [0.05, 0.1) is 10.0 Å². The third kappa shape index (κ3) is 1.48. The molecule has 0 saturated carbocycles. The standard InChI is InChI=1S/C8H7BrFNO/c1-4(12)7-5(10)2-3-6(11)8(7)9/h2-3H,11H2,1H3. The van der Waals surface area contributed by atoms with E-state index >= 15 is 0 Å². The first-order valence-electron chi connectivity index (χ1n) is 3.28. The lowest BCUT2D eigenvalue weighted by atomic mass is 10.1. The van der Waals surface area contributed by atoms with Crippen LogP contribution in [0.1, 0.15) is 17.3 Å². The summed E-state index contributed by atoms with van der Waals surface area (Å²) in [7, 11) is 0. The number of hydrogen-bond acceptors (Lipinski definition) is 2. The van der Waals surface area contributed by atoms with Gasteiger partial charge in [0.2, 0.25) is 0 Å². The number of ketones is 1. The van der Waals surface area contributed by atoms with Crippen LogP contribution in [0.3, 0.4) is 0 Å². The zero-order chi connectivity index (χ0) is 9.30. The minimum Gasteiger partial charge on any atom is -0.398 e. The summed E-state index contributed by atoms with van der Waals surface area (Å²) in [5.41, 5.74) is 5.83. The van der Waals surface area contributed by atoms with Crippen molar-refractivity contribution >= 4 is 27.4 Å². The van der Waals surface area contributed by atoms with Gasteiger partial charge in [0, 0.05) is 5.69 Å². The summed E-state index contributed by atoms with van der Waals surface area (Å²) in [4.78, 5) is 10.9. The third-order valence-electron chi connectivity index (χ3n) is 1.47. The Bertz CT molecular complexity index is 338. The lowest BCUT2D eigenvalue weighted by Crippen LogP contribution is -2.01. The molecule has 1 aromatic carbocycles. The molecule has 2 nitrogen and oxygen atoms in total. The molecule has 0 fully saturated rings. The number of nitrogens with two attached hydrogens (primary N) is 1. The van der Waals surface area contributed by atoms with Gasteiger partial charge >= 0.3 is 0 Å². The van der Waals surface area contributed by atoms with Crippen molar-refractivity contribution in [3.05, 3.63) is 28.0 Å². The maximum atomic E-state index is 13.0. The van der Waals surface area contributed by atoms with Crippen LogP contribution in [0, 0.1) is 5.82 Å². The van der Waals surface area contributed by atoms with Gasteiger partial charge in [-0.3, -0.25) is 4.79 Å². The van der Waals surface area contributed by atoms with Gasteiger partial charge in [-0.15, -0.1) is 0 Å². The van der Waals surface area contributed by atoms with E-state index in [4.69, 9.17) is 5.73 Å². The van der Waals surface area contributed by atoms with Gasteiger partial charge in [-0.1, -0.05) is 0 Å². The van der Waals surface area contributed by atoms with Crippen LogP contribution in [0.25, 0.3) is 0 Å². The fraction of sp³-hybridized carbons (Fsp3) is 0.125. The largest absolute Gasteiger partial charge is 0.398 e. The average Bonchev–Trinajstić information content (AvgIpc) is 1.97. The van der Waals surface area contributed by atoms with Crippen molar-refractivity contribution in [1.29, 1.82) is 0 Å². The van der Waals surface area contributed by atoms with E-state index in [-0.39, 0.29) is 11.3 Å². The number of rotatable bonds is 1. The van der Waals surface area contributed by atoms with Crippen LogP contribution < -0.4 is 5.73 Å². The van der Waals surface area contributed by atoms with Crippen LogP contribution in [0.15, 0.2) is 16.6 Å². The van der Waals surface area contributed by atoms with Gasteiger partial charge in [-0.05, 0) is 35.0 Å². The predicted molar refractivity (Wildman–Crippen MR) is 48.5 cm³/mol. The van der Waals surface area contributed by atoms with E-state index in [0.717, 1.165) is 0 Å². The van der Waals surface area contributed by atoms with E-state index < -0.39 is 5.82 Å². The first kappa shape index (κ1) is 9.19. The maximum absolute atomic E-state index is 13.0. The highest BCUT2D eigenvalue weighted by Crippen LogP contribution is 2.26. The van der Waals surface area contributed by atoms with Crippen LogP contribution in [0.5, 0.6) is 0 Å². The minimum absolute atomic E-state index is 0.00926. The Hall–Kier alpha value is -0.900. The normalized spacial score (nSPS) is 9.92. The minimum atomic E-state index is -0.552. The average molecular weight is 232 g/mol. The van der Waals surface area contributed by atoms with Crippen LogP contribution >= 0.6 is 15.9 Å². The molecule has 4 heteroatoms. The van der Waals surface area contributed by atoms with Gasteiger partial charge in [0.1, 0.15) is 5.82 Å². The Balaban J connectivity index is 3.43. The highest BCUT2D eigenvalue weighted by Gasteiger charge is 2.13. The molecule has 0 bridgehead atoms. The van der Waals surface area contributed by atoms with E-state index in [1.165, 1.54) is 19.1 Å². The molecule has 2 N–H and O–H groups in total. The van der Waals surface area contributed by atoms with Crippen LogP contribution in [0.2, 0.25) is 0 Å². The molecule has 0 aromatic heterocycles. The second-order valence-electron chi connectivity index (χ2n) is 2.38. The predicted octanol–water partition coefficient (Wildman–Crippen LogP) is 2.37. The Labute approximate surface area is 77.7 Å². The zero-order valence-electron chi connectivity index (χ0n) is 6.40. The summed E-state index contributed by atoms with van der Waals surface area (Å²) < 4.78 is 13.3. The Morgan fingerprint density at radius 3 is 2.58 bits per heavy atom. The SMILES string of the molecule is CC(=O)c1c(F)ccc(N)c1Br. The fourth-order valence-electron chi connectivity index (χ4n) is 0.891. The number of hydrogen-bond donors (Lipinski definition) is 1. The molecule has 0 amide bonds. The second-order valence-corrected chi connectivity index (χ2v) is 3.17. The molecule has 0 heterocycles. The van der Waals surface area contributed by atoms with Crippen molar-refractivity contribution in [1.82, 2.24) is 0 Å². The summed E-state index contributed by atoms with van der Waals surface area (Å²) in [5, 5.41) is 0. The summed E-state index contributed by atoms with van der Waals surface area (Å²) in [6.07, 6.45) is 0. The number of halogens is 2. The number of anilines is 1.